The molecule has 1 aliphatic heterocycles. The summed E-state index contributed by atoms with van der Waals surface area (Å²) in [6, 6.07) is 7.15. The van der Waals surface area contributed by atoms with E-state index in [1.165, 1.54) is 19.3 Å². The van der Waals surface area contributed by atoms with Gasteiger partial charge >= 0.3 is 0 Å². The molecule has 1 aromatic carbocycles. The first kappa shape index (κ1) is 13.9. The molecular formula is C15H12N4O3. The molecule has 0 saturated heterocycles. The second-order valence-electron chi connectivity index (χ2n) is 4.76. The summed E-state index contributed by atoms with van der Waals surface area (Å²) in [5.41, 5.74) is 0.617. The molecule has 1 atom stereocenters. The summed E-state index contributed by atoms with van der Waals surface area (Å²) < 4.78 is 0. The summed E-state index contributed by atoms with van der Waals surface area (Å²) in [6.07, 6.45) is 2.96. The van der Waals surface area contributed by atoms with Crippen LogP contribution in [0.3, 0.4) is 0 Å². The van der Waals surface area contributed by atoms with Crippen LogP contribution in [-0.4, -0.2) is 38.6 Å². The van der Waals surface area contributed by atoms with E-state index in [1.807, 2.05) is 0 Å². The van der Waals surface area contributed by atoms with Gasteiger partial charge in [-0.3, -0.25) is 24.6 Å². The number of aromatic nitrogens is 2. The van der Waals surface area contributed by atoms with Gasteiger partial charge < -0.3 is 0 Å². The van der Waals surface area contributed by atoms with Crippen LogP contribution in [-0.2, 0) is 4.79 Å². The number of anilines is 1. The molecule has 1 aromatic heterocycles. The monoisotopic (exact) mass is 296 g/mol. The van der Waals surface area contributed by atoms with Gasteiger partial charge in [-0.2, -0.15) is 0 Å². The zero-order valence-electron chi connectivity index (χ0n) is 11.7. The molecule has 7 heteroatoms. The van der Waals surface area contributed by atoms with Gasteiger partial charge in [0, 0.05) is 12.4 Å². The zero-order valence-corrected chi connectivity index (χ0v) is 11.7. The summed E-state index contributed by atoms with van der Waals surface area (Å²) in [4.78, 5) is 45.5. The van der Waals surface area contributed by atoms with Gasteiger partial charge in [-0.15, -0.1) is 0 Å². The van der Waals surface area contributed by atoms with Crippen molar-refractivity contribution in [3.8, 4) is 0 Å². The largest absolute Gasteiger partial charge is 0.293 e. The first-order valence-electron chi connectivity index (χ1n) is 6.64. The van der Waals surface area contributed by atoms with Crippen molar-refractivity contribution in [1.29, 1.82) is 0 Å². The standard InChI is InChI=1S/C15H12N4O3/c1-9(12(20)18-15-16-7-4-8-17-15)19-13(21)10-5-2-3-6-11(10)14(19)22/h2-9H,1H3,(H,16,17,18,20). The number of fused-ring (bicyclic) bond motifs is 1. The second kappa shape index (κ2) is 5.36. The summed E-state index contributed by atoms with van der Waals surface area (Å²) in [6.45, 7) is 1.49. The average Bonchev–Trinajstić information content (AvgIpc) is 2.79. The minimum absolute atomic E-state index is 0.121. The number of amides is 3. The quantitative estimate of drug-likeness (QED) is 0.856. The van der Waals surface area contributed by atoms with E-state index in [1.54, 1.807) is 30.3 Å². The summed E-state index contributed by atoms with van der Waals surface area (Å²) in [7, 11) is 0. The molecule has 0 bridgehead atoms. The zero-order chi connectivity index (χ0) is 15.7. The van der Waals surface area contributed by atoms with Gasteiger partial charge in [-0.25, -0.2) is 9.97 Å². The molecule has 22 heavy (non-hydrogen) atoms. The number of rotatable bonds is 3. The Hall–Kier alpha value is -3.09. The van der Waals surface area contributed by atoms with Crippen LogP contribution in [0.25, 0.3) is 0 Å². The molecule has 0 fully saturated rings. The van der Waals surface area contributed by atoms with Gasteiger partial charge in [0.05, 0.1) is 11.1 Å². The minimum Gasteiger partial charge on any atom is -0.293 e. The molecular weight excluding hydrogens is 284 g/mol. The Labute approximate surface area is 126 Å². The van der Waals surface area contributed by atoms with E-state index >= 15 is 0 Å². The lowest BCUT2D eigenvalue weighted by atomic mass is 10.1. The lowest BCUT2D eigenvalue weighted by molar-refractivity contribution is -0.119. The highest BCUT2D eigenvalue weighted by atomic mass is 16.2. The predicted octanol–water partition coefficient (Wildman–Crippen LogP) is 1.10. The lowest BCUT2D eigenvalue weighted by Crippen LogP contribution is -2.45. The van der Waals surface area contributed by atoms with Crippen LogP contribution in [0.1, 0.15) is 27.6 Å². The third-order valence-electron chi connectivity index (χ3n) is 3.39. The highest BCUT2D eigenvalue weighted by Crippen LogP contribution is 2.24. The average molecular weight is 296 g/mol. The Bertz CT molecular complexity index is 725. The normalized spacial score (nSPS) is 14.7. The van der Waals surface area contributed by atoms with Crippen LogP contribution in [0.15, 0.2) is 42.7 Å². The number of nitrogens with one attached hydrogen (secondary N) is 1. The molecule has 0 aliphatic carbocycles. The fraction of sp³-hybridized carbons (Fsp3) is 0.133. The summed E-state index contributed by atoms with van der Waals surface area (Å²) in [5, 5.41) is 2.48. The fourth-order valence-electron chi connectivity index (χ4n) is 2.26. The number of hydrogen-bond donors (Lipinski definition) is 1. The maximum absolute atomic E-state index is 12.3. The van der Waals surface area contributed by atoms with E-state index in [0.29, 0.717) is 11.1 Å². The van der Waals surface area contributed by atoms with Crippen molar-refractivity contribution < 1.29 is 14.4 Å². The van der Waals surface area contributed by atoms with Crippen LogP contribution >= 0.6 is 0 Å². The molecule has 0 radical (unpaired) electrons. The first-order chi connectivity index (χ1) is 10.6. The van der Waals surface area contributed by atoms with E-state index in [4.69, 9.17) is 0 Å². The minimum atomic E-state index is -0.962. The Morgan fingerprint density at radius 3 is 2.14 bits per heavy atom. The van der Waals surface area contributed by atoms with Crippen molar-refractivity contribution in [1.82, 2.24) is 14.9 Å². The van der Waals surface area contributed by atoms with Gasteiger partial charge in [0.25, 0.3) is 11.8 Å². The van der Waals surface area contributed by atoms with Gasteiger partial charge in [-0.1, -0.05) is 12.1 Å². The summed E-state index contributed by atoms with van der Waals surface area (Å²) >= 11 is 0. The highest BCUT2D eigenvalue weighted by Gasteiger charge is 2.40. The van der Waals surface area contributed by atoms with Gasteiger partial charge in [0.2, 0.25) is 11.9 Å². The van der Waals surface area contributed by atoms with Gasteiger partial charge in [0.15, 0.2) is 0 Å². The second-order valence-corrected chi connectivity index (χ2v) is 4.76. The molecule has 3 rings (SSSR count). The highest BCUT2D eigenvalue weighted by molar-refractivity contribution is 6.23. The van der Waals surface area contributed by atoms with Crippen LogP contribution in [0.2, 0.25) is 0 Å². The van der Waals surface area contributed by atoms with Crippen molar-refractivity contribution in [3.05, 3.63) is 53.9 Å². The van der Waals surface area contributed by atoms with E-state index in [-0.39, 0.29) is 5.95 Å². The Balaban J connectivity index is 1.81. The van der Waals surface area contributed by atoms with E-state index in [2.05, 4.69) is 15.3 Å². The number of carbonyl (C=O) groups excluding carboxylic acids is 3. The molecule has 3 amide bonds. The number of benzene rings is 1. The van der Waals surface area contributed by atoms with E-state index in [0.717, 1.165) is 4.90 Å². The maximum atomic E-state index is 12.3. The van der Waals surface area contributed by atoms with Crippen LogP contribution in [0.5, 0.6) is 0 Å². The van der Waals surface area contributed by atoms with Gasteiger partial charge in [0.1, 0.15) is 6.04 Å². The molecule has 2 aromatic rings. The third-order valence-corrected chi connectivity index (χ3v) is 3.39. The molecule has 1 unspecified atom stereocenters. The Morgan fingerprint density at radius 2 is 1.59 bits per heavy atom. The maximum Gasteiger partial charge on any atom is 0.262 e. The number of nitrogens with zero attached hydrogens (tertiary/aromatic N) is 3. The van der Waals surface area contributed by atoms with Crippen molar-refractivity contribution in [2.24, 2.45) is 0 Å². The molecule has 7 nitrogen and oxygen atoms in total. The molecule has 0 spiro atoms. The summed E-state index contributed by atoms with van der Waals surface area (Å²) in [5.74, 6) is -1.36. The predicted molar refractivity (Wildman–Crippen MR) is 77.1 cm³/mol. The number of imide groups is 1. The molecule has 1 N–H and O–H groups in total. The molecule has 0 saturated carbocycles. The van der Waals surface area contributed by atoms with Crippen molar-refractivity contribution in [2.75, 3.05) is 5.32 Å². The number of hydrogen-bond acceptors (Lipinski definition) is 5. The third kappa shape index (κ3) is 2.22. The molecule has 2 heterocycles. The SMILES string of the molecule is CC(C(=O)Nc1ncccn1)N1C(=O)c2ccccc2C1=O. The van der Waals surface area contributed by atoms with Crippen LogP contribution < -0.4 is 5.32 Å². The van der Waals surface area contributed by atoms with E-state index < -0.39 is 23.8 Å². The molecule has 1 aliphatic rings. The number of carbonyl (C=O) groups is 3. The smallest absolute Gasteiger partial charge is 0.262 e. The first-order valence-corrected chi connectivity index (χ1v) is 6.64. The van der Waals surface area contributed by atoms with Gasteiger partial charge in [-0.05, 0) is 25.1 Å². The van der Waals surface area contributed by atoms with Crippen molar-refractivity contribution in [3.63, 3.8) is 0 Å². The topological polar surface area (TPSA) is 92.3 Å². The lowest BCUT2D eigenvalue weighted by Gasteiger charge is -2.21. The Kier molecular flexibility index (Phi) is 3.38. The fourth-order valence-corrected chi connectivity index (χ4v) is 2.26. The van der Waals surface area contributed by atoms with Crippen molar-refractivity contribution >= 4 is 23.7 Å². The van der Waals surface area contributed by atoms with Crippen LogP contribution in [0, 0.1) is 0 Å². The molecule has 110 valence electrons. The Morgan fingerprint density at radius 1 is 1.05 bits per heavy atom. The van der Waals surface area contributed by atoms with Crippen molar-refractivity contribution in [2.45, 2.75) is 13.0 Å². The van der Waals surface area contributed by atoms with Crippen LogP contribution in [0.4, 0.5) is 5.95 Å². The van der Waals surface area contributed by atoms with E-state index in [9.17, 15) is 14.4 Å².